The van der Waals surface area contributed by atoms with Gasteiger partial charge in [0.15, 0.2) is 5.78 Å². The number of rotatable bonds is 2. The number of carbonyl (C=O) groups is 3. The van der Waals surface area contributed by atoms with Crippen molar-refractivity contribution in [3.05, 3.63) is 41.5 Å². The third-order valence-electron chi connectivity index (χ3n) is 7.64. The molecule has 0 fully saturated rings. The molecule has 0 radical (unpaired) electrons. The van der Waals surface area contributed by atoms with Crippen LogP contribution in [0.3, 0.4) is 0 Å². The molecular formula is C30H40N6O3. The van der Waals surface area contributed by atoms with Gasteiger partial charge >= 0.3 is 0 Å². The highest BCUT2D eigenvalue weighted by Gasteiger charge is 2.25. The van der Waals surface area contributed by atoms with Gasteiger partial charge in [0.25, 0.3) is 0 Å². The molecule has 1 aliphatic rings. The number of nitrogens with zero attached hydrogens (tertiary/aromatic N) is 5. The van der Waals surface area contributed by atoms with Crippen LogP contribution in [0.5, 0.6) is 0 Å². The molecule has 0 saturated heterocycles. The molecule has 2 aromatic heterocycles. The van der Waals surface area contributed by atoms with Crippen LogP contribution in [-0.2, 0) is 22.6 Å². The predicted molar refractivity (Wildman–Crippen MR) is 151 cm³/mol. The molecule has 1 N–H and O–H groups in total. The predicted octanol–water partition coefficient (Wildman–Crippen LogP) is 4.64. The summed E-state index contributed by atoms with van der Waals surface area (Å²) in [6.07, 6.45) is 13.2. The molecule has 1 aliphatic heterocycles. The fraction of sp³-hybridized carbons (Fsp3) is 0.533. The van der Waals surface area contributed by atoms with Gasteiger partial charge in [-0.15, -0.1) is 0 Å². The minimum absolute atomic E-state index is 0.0609. The number of amides is 2. The first-order valence-corrected chi connectivity index (χ1v) is 14.1. The van der Waals surface area contributed by atoms with Gasteiger partial charge in [0, 0.05) is 37.7 Å². The zero-order valence-electron chi connectivity index (χ0n) is 23.6. The molecule has 1 atom stereocenters. The second kappa shape index (κ2) is 13.0. The highest BCUT2D eigenvalue weighted by atomic mass is 16.2. The summed E-state index contributed by atoms with van der Waals surface area (Å²) in [6.45, 7) is 5.68. The van der Waals surface area contributed by atoms with Crippen LogP contribution < -0.4 is 5.32 Å². The van der Waals surface area contributed by atoms with Crippen molar-refractivity contribution in [2.75, 3.05) is 13.6 Å². The van der Waals surface area contributed by atoms with Crippen molar-refractivity contribution in [1.82, 2.24) is 30.0 Å². The van der Waals surface area contributed by atoms with Crippen LogP contribution in [-0.4, -0.2) is 61.9 Å². The van der Waals surface area contributed by atoms with Crippen LogP contribution >= 0.6 is 0 Å². The number of carbonyl (C=O) groups excluding carboxylic acids is 3. The Balaban J connectivity index is 1.76. The Kier molecular flexibility index (Phi) is 9.43. The van der Waals surface area contributed by atoms with E-state index in [4.69, 9.17) is 0 Å². The first-order valence-electron chi connectivity index (χ1n) is 14.1. The van der Waals surface area contributed by atoms with Gasteiger partial charge in [0.05, 0.1) is 23.1 Å². The SMILES string of the molecule is CC(=O)c1nn2c3c(cc(-c4cnc(C)cn4)cc13)CCCCCCCCCCNC(=O)[C@H](C)N(C)C(=O)C2. The average molecular weight is 533 g/mol. The number of aryl methyl sites for hydroxylation is 2. The number of hydrogen-bond acceptors (Lipinski definition) is 6. The lowest BCUT2D eigenvalue weighted by molar-refractivity contribution is -0.138. The van der Waals surface area contributed by atoms with Crippen molar-refractivity contribution >= 4 is 28.5 Å². The minimum Gasteiger partial charge on any atom is -0.354 e. The van der Waals surface area contributed by atoms with Gasteiger partial charge in [-0.1, -0.05) is 38.5 Å². The van der Waals surface area contributed by atoms with E-state index in [1.807, 2.05) is 13.0 Å². The van der Waals surface area contributed by atoms with E-state index in [-0.39, 0.29) is 24.1 Å². The molecule has 0 unspecified atom stereocenters. The van der Waals surface area contributed by atoms with E-state index in [1.165, 1.54) is 31.1 Å². The molecule has 0 aliphatic carbocycles. The van der Waals surface area contributed by atoms with E-state index in [0.29, 0.717) is 17.6 Å². The number of nitrogens with one attached hydrogen (secondary N) is 1. The van der Waals surface area contributed by atoms with Crippen LogP contribution in [0, 0.1) is 6.92 Å². The molecule has 0 spiro atoms. The van der Waals surface area contributed by atoms with Gasteiger partial charge in [-0.3, -0.25) is 29.0 Å². The Bertz CT molecular complexity index is 1330. The van der Waals surface area contributed by atoms with E-state index in [0.717, 1.165) is 66.6 Å². The number of likely N-dealkylation sites (N-methyl/N-ethyl adjacent to an activating group) is 1. The standard InChI is InChI=1S/C30H40N6O3/c1-20-17-33-26(18-32-20)24-15-23-13-11-9-7-5-6-8-10-12-14-31-30(39)21(2)35(4)27(38)19-36-29(23)25(16-24)28(34-36)22(3)37/h15-18,21H,5-14,19H2,1-4H3,(H,31,39)/t21-/m0/s1. The first kappa shape index (κ1) is 28.4. The molecule has 0 saturated carbocycles. The van der Waals surface area contributed by atoms with Crippen LogP contribution in [0.1, 0.15) is 87.0 Å². The zero-order chi connectivity index (χ0) is 27.9. The smallest absolute Gasteiger partial charge is 0.244 e. The van der Waals surface area contributed by atoms with E-state index < -0.39 is 6.04 Å². The Labute approximate surface area is 230 Å². The Hall–Kier alpha value is -3.62. The van der Waals surface area contributed by atoms with Crippen molar-refractivity contribution in [1.29, 1.82) is 0 Å². The van der Waals surface area contributed by atoms with Crippen LogP contribution in [0.4, 0.5) is 0 Å². The monoisotopic (exact) mass is 532 g/mol. The maximum absolute atomic E-state index is 13.3. The summed E-state index contributed by atoms with van der Waals surface area (Å²) < 4.78 is 1.64. The van der Waals surface area contributed by atoms with Crippen molar-refractivity contribution in [3.8, 4) is 11.3 Å². The van der Waals surface area contributed by atoms with Crippen LogP contribution in [0.15, 0.2) is 24.5 Å². The molecule has 1 aromatic carbocycles. The number of ketones is 1. The summed E-state index contributed by atoms with van der Waals surface area (Å²) >= 11 is 0. The minimum atomic E-state index is -0.611. The maximum Gasteiger partial charge on any atom is 0.244 e. The van der Waals surface area contributed by atoms with Crippen LogP contribution in [0.25, 0.3) is 22.2 Å². The summed E-state index contributed by atoms with van der Waals surface area (Å²) in [7, 11) is 1.64. The lowest BCUT2D eigenvalue weighted by atomic mass is 9.97. The summed E-state index contributed by atoms with van der Waals surface area (Å²) in [4.78, 5) is 49.1. The summed E-state index contributed by atoms with van der Waals surface area (Å²) in [5.74, 6) is -0.572. The van der Waals surface area contributed by atoms with Crippen molar-refractivity contribution in [3.63, 3.8) is 0 Å². The largest absolute Gasteiger partial charge is 0.354 e. The van der Waals surface area contributed by atoms with E-state index in [1.54, 1.807) is 31.0 Å². The maximum atomic E-state index is 13.3. The van der Waals surface area contributed by atoms with Gasteiger partial charge in [-0.25, -0.2) is 0 Å². The molecule has 9 heteroatoms. The van der Waals surface area contributed by atoms with Crippen molar-refractivity contribution < 1.29 is 14.4 Å². The number of benzene rings is 1. The van der Waals surface area contributed by atoms with Gasteiger partial charge in [0.2, 0.25) is 11.8 Å². The molecule has 3 aromatic rings. The molecule has 208 valence electrons. The highest BCUT2D eigenvalue weighted by Crippen LogP contribution is 2.31. The van der Waals surface area contributed by atoms with Crippen molar-refractivity contribution in [2.24, 2.45) is 0 Å². The molecular weight excluding hydrogens is 492 g/mol. The Morgan fingerprint density at radius 1 is 0.974 bits per heavy atom. The topological polar surface area (TPSA) is 110 Å². The Morgan fingerprint density at radius 2 is 1.67 bits per heavy atom. The first-order chi connectivity index (χ1) is 18.8. The summed E-state index contributed by atoms with van der Waals surface area (Å²) in [5.41, 5.74) is 4.59. The van der Waals surface area contributed by atoms with Gasteiger partial charge in [-0.2, -0.15) is 5.10 Å². The average Bonchev–Trinajstić information content (AvgIpc) is 3.29. The van der Waals surface area contributed by atoms with Gasteiger partial charge in [0.1, 0.15) is 18.3 Å². The van der Waals surface area contributed by atoms with E-state index in [9.17, 15) is 14.4 Å². The third-order valence-corrected chi connectivity index (χ3v) is 7.64. The molecule has 9 nitrogen and oxygen atoms in total. The molecule has 39 heavy (non-hydrogen) atoms. The number of aromatic nitrogens is 4. The fourth-order valence-electron chi connectivity index (χ4n) is 5.15. The van der Waals surface area contributed by atoms with E-state index in [2.05, 4.69) is 26.4 Å². The lowest BCUT2D eigenvalue weighted by Gasteiger charge is -2.24. The number of hydrogen-bond donors (Lipinski definition) is 1. The van der Waals surface area contributed by atoms with E-state index >= 15 is 0 Å². The second-order valence-corrected chi connectivity index (χ2v) is 10.7. The number of Topliss-reactive ketones (excluding diaryl/α,β-unsaturated/α-hetero) is 1. The van der Waals surface area contributed by atoms with Crippen molar-refractivity contribution in [2.45, 2.75) is 91.1 Å². The Morgan fingerprint density at radius 3 is 2.33 bits per heavy atom. The normalized spacial score (nSPS) is 18.8. The third kappa shape index (κ3) is 6.88. The van der Waals surface area contributed by atoms with Gasteiger partial charge < -0.3 is 10.2 Å². The summed E-state index contributed by atoms with van der Waals surface area (Å²) in [6, 6.07) is 3.41. The molecule has 0 bridgehead atoms. The van der Waals surface area contributed by atoms with Crippen LogP contribution in [0.2, 0.25) is 0 Å². The quantitative estimate of drug-likeness (QED) is 0.482. The fourth-order valence-corrected chi connectivity index (χ4v) is 5.15. The molecule has 4 rings (SSSR count). The zero-order valence-corrected chi connectivity index (χ0v) is 23.6. The lowest BCUT2D eigenvalue weighted by Crippen LogP contribution is -2.47. The molecule has 2 amide bonds. The summed E-state index contributed by atoms with van der Waals surface area (Å²) in [5, 5.41) is 8.30. The van der Waals surface area contributed by atoms with Gasteiger partial charge in [-0.05, 0) is 50.8 Å². The highest BCUT2D eigenvalue weighted by molar-refractivity contribution is 6.07. The molecule has 3 heterocycles. The second-order valence-electron chi connectivity index (χ2n) is 10.7.